The fourth-order valence-electron chi connectivity index (χ4n) is 2.52. The van der Waals surface area contributed by atoms with Gasteiger partial charge in [-0.2, -0.15) is 0 Å². The van der Waals surface area contributed by atoms with Crippen molar-refractivity contribution in [2.45, 2.75) is 90.7 Å². The van der Waals surface area contributed by atoms with E-state index in [4.69, 9.17) is 4.74 Å². The van der Waals surface area contributed by atoms with Gasteiger partial charge in [-0.05, 0) is 6.42 Å². The predicted octanol–water partition coefficient (Wildman–Crippen LogP) is 5.08. The van der Waals surface area contributed by atoms with Crippen LogP contribution >= 0.6 is 0 Å². The monoisotopic (exact) mass is 308 g/mol. The lowest BCUT2D eigenvalue weighted by Gasteiger charge is -2.05. The maximum Gasteiger partial charge on any atom is 0.307 e. The molecule has 0 aromatic carbocycles. The molecule has 1 heterocycles. The number of aromatic nitrogens is 2. The van der Waals surface area contributed by atoms with Gasteiger partial charge in [0.1, 0.15) is 0 Å². The lowest BCUT2D eigenvalue weighted by Crippen LogP contribution is -2.08. The number of imidazole rings is 1. The first-order valence-electron chi connectivity index (χ1n) is 8.94. The number of nitrogens with zero attached hydrogens (tertiary/aromatic N) is 2. The van der Waals surface area contributed by atoms with Gasteiger partial charge in [-0.1, -0.05) is 71.1 Å². The number of unbranched alkanes of at least 4 members (excludes halogenated alkanes) is 10. The van der Waals surface area contributed by atoms with Crippen LogP contribution in [0.25, 0.3) is 0 Å². The first kappa shape index (κ1) is 18.7. The molecule has 0 aliphatic heterocycles. The second-order valence-electron chi connectivity index (χ2n) is 6.01. The van der Waals surface area contributed by atoms with Crippen molar-refractivity contribution in [2.24, 2.45) is 0 Å². The third-order valence-corrected chi connectivity index (χ3v) is 3.92. The Hall–Kier alpha value is -1.32. The van der Waals surface area contributed by atoms with Gasteiger partial charge >= 0.3 is 5.97 Å². The lowest BCUT2D eigenvalue weighted by molar-refractivity contribution is -0.147. The summed E-state index contributed by atoms with van der Waals surface area (Å²) in [6, 6.07) is 0. The summed E-state index contributed by atoms with van der Waals surface area (Å²) >= 11 is 0. The zero-order chi connectivity index (χ0) is 15.9. The van der Waals surface area contributed by atoms with Crippen LogP contribution in [0.3, 0.4) is 0 Å². The Kier molecular flexibility index (Phi) is 11.4. The Morgan fingerprint density at radius 3 is 2.09 bits per heavy atom. The quantitative estimate of drug-likeness (QED) is 0.355. The number of carbonyl (C=O) groups excluding carboxylic acids is 1. The minimum Gasteiger partial charge on any atom is -0.444 e. The lowest BCUT2D eigenvalue weighted by atomic mass is 10.1. The summed E-state index contributed by atoms with van der Waals surface area (Å²) in [5.74, 6) is -0.107. The molecule has 0 unspecified atom stereocenters. The maximum atomic E-state index is 11.5. The Bertz CT molecular complexity index is 363. The number of ether oxygens (including phenoxy) is 1. The molecule has 126 valence electrons. The molecule has 0 aliphatic rings. The van der Waals surface area contributed by atoms with E-state index in [1.807, 2.05) is 0 Å². The largest absolute Gasteiger partial charge is 0.444 e. The van der Waals surface area contributed by atoms with Crippen molar-refractivity contribution < 1.29 is 9.53 Å². The Morgan fingerprint density at radius 2 is 1.55 bits per heavy atom. The van der Waals surface area contributed by atoms with E-state index < -0.39 is 0 Å². The van der Waals surface area contributed by atoms with E-state index >= 15 is 0 Å². The Labute approximate surface area is 135 Å². The van der Waals surface area contributed by atoms with E-state index in [1.54, 1.807) is 23.3 Å². The SMILES string of the molecule is CCCCCCCCCCCCCC(=O)OCn1ccnc1. The van der Waals surface area contributed by atoms with Gasteiger partial charge in [-0.3, -0.25) is 4.79 Å². The van der Waals surface area contributed by atoms with Gasteiger partial charge in [0.25, 0.3) is 0 Å². The van der Waals surface area contributed by atoms with Crippen LogP contribution in [0.2, 0.25) is 0 Å². The van der Waals surface area contributed by atoms with Gasteiger partial charge in [-0.15, -0.1) is 0 Å². The van der Waals surface area contributed by atoms with Gasteiger partial charge in [0.05, 0.1) is 6.33 Å². The first-order chi connectivity index (χ1) is 10.8. The third kappa shape index (κ3) is 10.4. The maximum absolute atomic E-state index is 11.5. The van der Waals surface area contributed by atoms with Crippen molar-refractivity contribution in [3.05, 3.63) is 18.7 Å². The summed E-state index contributed by atoms with van der Waals surface area (Å²) in [5.41, 5.74) is 0. The standard InChI is InChI=1S/C18H32N2O2/c1-2-3-4-5-6-7-8-9-10-11-12-13-18(21)22-17-20-15-14-19-16-20/h14-16H,2-13,17H2,1H3. The van der Waals surface area contributed by atoms with E-state index in [0.717, 1.165) is 12.8 Å². The van der Waals surface area contributed by atoms with E-state index in [-0.39, 0.29) is 12.7 Å². The van der Waals surface area contributed by atoms with E-state index in [9.17, 15) is 4.79 Å². The fourth-order valence-corrected chi connectivity index (χ4v) is 2.52. The molecule has 1 aromatic heterocycles. The molecule has 1 rings (SSSR count). The summed E-state index contributed by atoms with van der Waals surface area (Å²) in [6.45, 7) is 2.53. The third-order valence-electron chi connectivity index (χ3n) is 3.92. The molecule has 4 nitrogen and oxygen atoms in total. The first-order valence-corrected chi connectivity index (χ1v) is 8.94. The van der Waals surface area contributed by atoms with Crippen LogP contribution < -0.4 is 0 Å². The fraction of sp³-hybridized carbons (Fsp3) is 0.778. The van der Waals surface area contributed by atoms with E-state index in [0.29, 0.717) is 6.42 Å². The van der Waals surface area contributed by atoms with Crippen molar-refractivity contribution in [3.63, 3.8) is 0 Å². The highest BCUT2D eigenvalue weighted by atomic mass is 16.5. The molecule has 0 aliphatic carbocycles. The number of carbonyl (C=O) groups is 1. The molecule has 0 fully saturated rings. The van der Waals surface area contributed by atoms with Gasteiger partial charge in [0, 0.05) is 18.8 Å². The van der Waals surface area contributed by atoms with Gasteiger partial charge < -0.3 is 9.30 Å². The zero-order valence-electron chi connectivity index (χ0n) is 14.1. The summed E-state index contributed by atoms with van der Waals surface area (Å²) in [6.07, 6.45) is 19.9. The minimum atomic E-state index is -0.107. The van der Waals surface area contributed by atoms with Crippen molar-refractivity contribution in [2.75, 3.05) is 0 Å². The van der Waals surface area contributed by atoms with Gasteiger partial charge in [-0.25, -0.2) is 4.98 Å². The average molecular weight is 308 g/mol. The average Bonchev–Trinajstić information content (AvgIpc) is 3.04. The van der Waals surface area contributed by atoms with Crippen LogP contribution in [0.15, 0.2) is 18.7 Å². The summed E-state index contributed by atoms with van der Waals surface area (Å²) in [4.78, 5) is 15.4. The molecule has 0 N–H and O–H groups in total. The van der Waals surface area contributed by atoms with Crippen LogP contribution in [0.5, 0.6) is 0 Å². The van der Waals surface area contributed by atoms with Gasteiger partial charge in [0.15, 0.2) is 6.73 Å². The molecule has 0 spiro atoms. The highest BCUT2D eigenvalue weighted by molar-refractivity contribution is 5.69. The number of esters is 1. The van der Waals surface area contributed by atoms with Crippen LogP contribution in [-0.4, -0.2) is 15.5 Å². The van der Waals surface area contributed by atoms with Crippen LogP contribution in [0.4, 0.5) is 0 Å². The molecular formula is C18H32N2O2. The zero-order valence-corrected chi connectivity index (χ0v) is 14.1. The molecule has 1 aromatic rings. The topological polar surface area (TPSA) is 44.1 Å². The van der Waals surface area contributed by atoms with Gasteiger partial charge in [0.2, 0.25) is 0 Å². The molecular weight excluding hydrogens is 276 g/mol. The second kappa shape index (κ2) is 13.4. The van der Waals surface area contributed by atoms with Crippen molar-refractivity contribution >= 4 is 5.97 Å². The smallest absolute Gasteiger partial charge is 0.307 e. The van der Waals surface area contributed by atoms with E-state index in [2.05, 4.69) is 11.9 Å². The van der Waals surface area contributed by atoms with Crippen LogP contribution in [0.1, 0.15) is 84.0 Å². The van der Waals surface area contributed by atoms with Crippen molar-refractivity contribution in [1.82, 2.24) is 9.55 Å². The molecule has 4 heteroatoms. The minimum absolute atomic E-state index is 0.107. The molecule has 0 atom stereocenters. The number of hydrogen-bond acceptors (Lipinski definition) is 3. The highest BCUT2D eigenvalue weighted by Crippen LogP contribution is 2.12. The Morgan fingerprint density at radius 1 is 0.955 bits per heavy atom. The summed E-state index contributed by atoms with van der Waals surface area (Å²) < 4.78 is 6.91. The van der Waals surface area contributed by atoms with E-state index in [1.165, 1.54) is 57.8 Å². The number of hydrogen-bond donors (Lipinski definition) is 0. The van der Waals surface area contributed by atoms with Crippen molar-refractivity contribution in [1.29, 1.82) is 0 Å². The van der Waals surface area contributed by atoms with Crippen LogP contribution in [0, 0.1) is 0 Å². The number of rotatable bonds is 14. The Balaban J connectivity index is 1.80. The normalized spacial score (nSPS) is 10.8. The molecule has 0 radical (unpaired) electrons. The predicted molar refractivity (Wildman–Crippen MR) is 89.4 cm³/mol. The summed E-state index contributed by atoms with van der Waals surface area (Å²) in [7, 11) is 0. The molecule has 0 saturated carbocycles. The van der Waals surface area contributed by atoms with Crippen LogP contribution in [-0.2, 0) is 16.3 Å². The highest BCUT2D eigenvalue weighted by Gasteiger charge is 2.02. The summed E-state index contributed by atoms with van der Waals surface area (Å²) in [5, 5.41) is 0. The van der Waals surface area contributed by atoms with Crippen molar-refractivity contribution in [3.8, 4) is 0 Å². The molecule has 22 heavy (non-hydrogen) atoms. The molecule has 0 amide bonds. The molecule has 0 bridgehead atoms. The molecule has 0 saturated heterocycles. The second-order valence-corrected chi connectivity index (χ2v) is 6.01.